The summed E-state index contributed by atoms with van der Waals surface area (Å²) >= 11 is 0. The van der Waals surface area contributed by atoms with Crippen molar-refractivity contribution in [2.24, 2.45) is 46.3 Å². The number of esters is 2. The first-order valence-electron chi connectivity index (χ1n) is 14.6. The number of ketones is 2. The first-order chi connectivity index (χ1) is 19.5. The fourth-order valence-corrected chi connectivity index (χ4v) is 9.92. The highest BCUT2D eigenvalue weighted by molar-refractivity contribution is 7.87. The highest BCUT2D eigenvalue weighted by Crippen LogP contribution is 2.60. The molecular formula is C28H34F4O9S. The van der Waals surface area contributed by atoms with Gasteiger partial charge in [0.25, 0.3) is 0 Å². The average Bonchev–Trinajstić information content (AvgIpc) is 2.89. The van der Waals surface area contributed by atoms with Crippen molar-refractivity contribution in [1.82, 2.24) is 0 Å². The molecule has 0 saturated heterocycles. The number of rotatable bonds is 10. The number of ether oxygens (including phenoxy) is 2. The lowest BCUT2D eigenvalue weighted by molar-refractivity contribution is -0.192. The third-order valence-corrected chi connectivity index (χ3v) is 12.0. The summed E-state index contributed by atoms with van der Waals surface area (Å²) in [6.45, 7) is -0.723. The molecule has 0 aromatic heterocycles. The van der Waals surface area contributed by atoms with E-state index in [-0.39, 0.29) is 59.9 Å². The molecule has 0 amide bonds. The van der Waals surface area contributed by atoms with Gasteiger partial charge in [-0.2, -0.15) is 26.0 Å². The van der Waals surface area contributed by atoms with Crippen LogP contribution in [-0.4, -0.2) is 60.4 Å². The van der Waals surface area contributed by atoms with Gasteiger partial charge in [-0.15, -0.1) is 0 Å². The van der Waals surface area contributed by atoms with Crippen LogP contribution in [0, 0.1) is 46.3 Å². The second kappa shape index (κ2) is 9.70. The number of carbonyl (C=O) groups is 4. The van der Waals surface area contributed by atoms with E-state index >= 15 is 0 Å². The maximum Gasteiger partial charge on any atom is 0.431 e. The Morgan fingerprint density at radius 1 is 0.810 bits per heavy atom. The minimum absolute atomic E-state index is 0.0981. The normalized spacial score (nSPS) is 39.5. The molecular weight excluding hydrogens is 588 g/mol. The van der Waals surface area contributed by atoms with Crippen molar-refractivity contribution in [1.29, 1.82) is 0 Å². The second-order valence-corrected chi connectivity index (χ2v) is 15.4. The fraction of sp³-hybridized carbons (Fsp3) is 0.857. The van der Waals surface area contributed by atoms with Crippen LogP contribution in [0.2, 0.25) is 0 Å². The Hall–Kier alpha value is -2.09. The molecule has 5 atom stereocenters. The summed E-state index contributed by atoms with van der Waals surface area (Å²) in [5.74, 6) is -7.24. The van der Waals surface area contributed by atoms with Crippen LogP contribution in [-0.2, 0) is 38.8 Å². The summed E-state index contributed by atoms with van der Waals surface area (Å²) in [7, 11) is -6.46. The summed E-state index contributed by atoms with van der Waals surface area (Å²) < 4.78 is 98.3. The lowest BCUT2D eigenvalue weighted by atomic mass is 9.49. The Morgan fingerprint density at radius 2 is 1.24 bits per heavy atom. The van der Waals surface area contributed by atoms with E-state index in [9.17, 15) is 45.2 Å². The van der Waals surface area contributed by atoms with Gasteiger partial charge < -0.3 is 9.47 Å². The number of alkyl halides is 4. The number of Topliss-reactive ketones (excluding diaryl/α,β-unsaturated/α-hetero) is 2. The number of hydrogen-bond acceptors (Lipinski definition) is 8. The fourth-order valence-electron chi connectivity index (χ4n) is 9.44. The summed E-state index contributed by atoms with van der Waals surface area (Å²) in [6.07, 6.45) is 0.393. The minimum Gasteiger partial charge on any atom is -0.461 e. The monoisotopic (exact) mass is 622 g/mol. The van der Waals surface area contributed by atoms with Crippen LogP contribution in [0.15, 0.2) is 0 Å². The zero-order chi connectivity index (χ0) is 30.5. The largest absolute Gasteiger partial charge is 0.461 e. The maximum atomic E-state index is 14.4. The van der Waals surface area contributed by atoms with Crippen molar-refractivity contribution >= 4 is 33.6 Å². The van der Waals surface area contributed by atoms with E-state index in [0.717, 1.165) is 0 Å². The van der Waals surface area contributed by atoms with E-state index in [1.807, 2.05) is 0 Å². The van der Waals surface area contributed by atoms with E-state index < -0.39 is 69.6 Å². The zero-order valence-electron chi connectivity index (χ0n) is 22.9. The zero-order valence-corrected chi connectivity index (χ0v) is 23.7. The molecule has 8 rings (SSSR count). The lowest BCUT2D eigenvalue weighted by Gasteiger charge is -2.54. The Kier molecular flexibility index (Phi) is 6.92. The van der Waals surface area contributed by atoms with E-state index in [0.29, 0.717) is 51.4 Å². The summed E-state index contributed by atoms with van der Waals surface area (Å²) in [4.78, 5) is 51.9. The Morgan fingerprint density at radius 3 is 1.67 bits per heavy atom. The van der Waals surface area contributed by atoms with Crippen LogP contribution >= 0.6 is 0 Å². The second-order valence-electron chi connectivity index (χ2n) is 13.9. The highest BCUT2D eigenvalue weighted by Gasteiger charge is 2.66. The van der Waals surface area contributed by atoms with Crippen molar-refractivity contribution in [3.8, 4) is 0 Å². The van der Waals surface area contributed by atoms with Gasteiger partial charge >= 0.3 is 33.2 Å². The van der Waals surface area contributed by atoms with Crippen molar-refractivity contribution in [2.45, 2.75) is 94.3 Å². The van der Waals surface area contributed by atoms with Gasteiger partial charge in [-0.3, -0.25) is 23.7 Å². The number of carbonyl (C=O) groups excluding carboxylic acids is 4. The van der Waals surface area contributed by atoms with Crippen LogP contribution in [0.3, 0.4) is 0 Å². The average molecular weight is 623 g/mol. The lowest BCUT2D eigenvalue weighted by Crippen LogP contribution is -2.56. The minimum atomic E-state index is -6.46. The van der Waals surface area contributed by atoms with Crippen molar-refractivity contribution in [2.75, 3.05) is 6.61 Å². The van der Waals surface area contributed by atoms with Crippen LogP contribution in [0.4, 0.5) is 17.6 Å². The Balaban J connectivity index is 1.18. The predicted octanol–water partition coefficient (Wildman–Crippen LogP) is 4.13. The number of hydrogen-bond donors (Lipinski definition) is 1. The molecule has 8 saturated carbocycles. The topological polar surface area (TPSA) is 141 Å². The van der Waals surface area contributed by atoms with Gasteiger partial charge in [-0.25, -0.2) is 0 Å². The molecule has 0 aliphatic heterocycles. The van der Waals surface area contributed by atoms with Gasteiger partial charge in [-0.05, 0) is 82.5 Å². The molecule has 234 valence electrons. The molecule has 9 nitrogen and oxygen atoms in total. The molecule has 8 aliphatic carbocycles. The van der Waals surface area contributed by atoms with Crippen LogP contribution < -0.4 is 0 Å². The van der Waals surface area contributed by atoms with Gasteiger partial charge in [0, 0.05) is 30.1 Å². The summed E-state index contributed by atoms with van der Waals surface area (Å²) in [6, 6.07) is 0. The SMILES string of the molecule is O=C1C2CC3CC1CC(C(=O)OCC(CCC(F)(F)C(F)(F)S(=O)(=O)O)OC(=O)C14CC5CC(C1)C(=O)C(C5)C4)(C3)C2. The van der Waals surface area contributed by atoms with Crippen molar-refractivity contribution in [3.63, 3.8) is 0 Å². The van der Waals surface area contributed by atoms with Gasteiger partial charge in [0.05, 0.1) is 10.8 Å². The first kappa shape index (κ1) is 30.0. The van der Waals surface area contributed by atoms with Crippen LogP contribution in [0.25, 0.3) is 0 Å². The Bertz CT molecular complexity index is 1280. The quantitative estimate of drug-likeness (QED) is 0.216. The molecule has 8 fully saturated rings. The van der Waals surface area contributed by atoms with Crippen molar-refractivity contribution in [3.05, 3.63) is 0 Å². The smallest absolute Gasteiger partial charge is 0.431 e. The van der Waals surface area contributed by atoms with Gasteiger partial charge in [0.2, 0.25) is 0 Å². The number of halogens is 4. The van der Waals surface area contributed by atoms with Gasteiger partial charge in [-0.1, -0.05) is 0 Å². The van der Waals surface area contributed by atoms with Gasteiger partial charge in [0.1, 0.15) is 24.3 Å². The predicted molar refractivity (Wildman–Crippen MR) is 134 cm³/mol. The molecule has 0 aromatic carbocycles. The standard InChI is InChI=1S/C28H34F4O9S/c29-27(30,28(31,32)42(37,38)39)2-1-20(41-24(36)26-8-15-5-18(11-26)22(34)19(6-15)12-26)13-40-23(35)25-7-14-3-16(9-25)21(33)17(4-14)10-25/h14-20H,1-13H2,(H,37,38,39). The maximum absolute atomic E-state index is 14.4. The summed E-state index contributed by atoms with van der Waals surface area (Å²) in [5, 5.41) is -5.79. The third kappa shape index (κ3) is 4.69. The Labute approximate surface area is 240 Å². The molecule has 0 radical (unpaired) electrons. The summed E-state index contributed by atoms with van der Waals surface area (Å²) in [5.41, 5.74) is -1.96. The third-order valence-electron chi connectivity index (χ3n) is 11.1. The molecule has 8 aliphatic rings. The molecule has 0 aromatic rings. The van der Waals surface area contributed by atoms with E-state index in [1.54, 1.807) is 0 Å². The van der Waals surface area contributed by atoms with E-state index in [1.165, 1.54) is 0 Å². The van der Waals surface area contributed by atoms with Crippen molar-refractivity contribution < 1.29 is 59.2 Å². The molecule has 42 heavy (non-hydrogen) atoms. The van der Waals surface area contributed by atoms with E-state index in [4.69, 9.17) is 14.0 Å². The molecule has 0 spiro atoms. The molecule has 14 heteroatoms. The first-order valence-corrected chi connectivity index (χ1v) is 16.1. The van der Waals surface area contributed by atoms with Crippen LogP contribution in [0.5, 0.6) is 0 Å². The highest BCUT2D eigenvalue weighted by atomic mass is 32.2. The van der Waals surface area contributed by atoms with Crippen LogP contribution in [0.1, 0.15) is 77.0 Å². The molecule has 1 N–H and O–H groups in total. The molecule has 0 heterocycles. The van der Waals surface area contributed by atoms with E-state index in [2.05, 4.69) is 0 Å². The molecule has 5 unspecified atom stereocenters. The molecule has 8 bridgehead atoms. The van der Waals surface area contributed by atoms with Gasteiger partial charge in [0.15, 0.2) is 0 Å².